The van der Waals surface area contributed by atoms with Crippen molar-refractivity contribution in [1.82, 2.24) is 5.48 Å². The molecule has 1 rings (SSSR count). The molecule has 4 N–H and O–H groups in total. The Hall–Kier alpha value is -1.14. The number of carboxylic acid groups (broad SMARTS) is 1. The molecule has 1 amide bonds. The van der Waals surface area contributed by atoms with Crippen molar-refractivity contribution < 1.29 is 19.5 Å². The van der Waals surface area contributed by atoms with Crippen LogP contribution in [0.4, 0.5) is 0 Å². The lowest BCUT2D eigenvalue weighted by Gasteiger charge is -2.10. The smallest absolute Gasteiger partial charge is 0.323 e. The van der Waals surface area contributed by atoms with E-state index >= 15 is 0 Å². The lowest BCUT2D eigenvalue weighted by Crippen LogP contribution is -2.41. The van der Waals surface area contributed by atoms with Crippen molar-refractivity contribution in [2.45, 2.75) is 18.6 Å². The normalized spacial score (nSPS) is 26.3. The number of nitrogens with one attached hydrogen (secondary N) is 1. The number of nitrogens with two attached hydrogens (primary N) is 1. The lowest BCUT2D eigenvalue weighted by molar-refractivity contribution is -0.143. The molecule has 0 unspecified atom stereocenters. The summed E-state index contributed by atoms with van der Waals surface area (Å²) < 4.78 is 0. The van der Waals surface area contributed by atoms with E-state index in [0.717, 1.165) is 0 Å². The van der Waals surface area contributed by atoms with Gasteiger partial charge in [0.05, 0.1) is 6.42 Å². The van der Waals surface area contributed by atoms with Gasteiger partial charge < -0.3 is 10.8 Å². The number of hydrogen-bond donors (Lipinski definition) is 3. The second kappa shape index (κ2) is 2.85. The third kappa shape index (κ3) is 1.66. The van der Waals surface area contributed by atoms with Crippen LogP contribution in [0, 0.1) is 0 Å². The summed E-state index contributed by atoms with van der Waals surface area (Å²) in [6.45, 7) is 0. The Kier molecular flexibility index (Phi) is 2.06. The van der Waals surface area contributed by atoms with Crippen LogP contribution in [-0.4, -0.2) is 29.1 Å². The minimum absolute atomic E-state index is 0.00741. The summed E-state index contributed by atoms with van der Waals surface area (Å²) in [5.41, 5.74) is 7.19. The largest absolute Gasteiger partial charge is 0.480 e. The molecule has 0 aromatic rings. The first-order chi connectivity index (χ1) is 5.11. The summed E-state index contributed by atoms with van der Waals surface area (Å²) in [4.78, 5) is 25.3. The third-order valence-electron chi connectivity index (χ3n) is 1.40. The van der Waals surface area contributed by atoms with E-state index in [4.69, 9.17) is 10.8 Å². The molecule has 1 fully saturated rings. The molecule has 1 saturated heterocycles. The van der Waals surface area contributed by atoms with E-state index in [1.54, 1.807) is 0 Å². The van der Waals surface area contributed by atoms with Gasteiger partial charge in [-0.3, -0.25) is 14.4 Å². The van der Waals surface area contributed by atoms with Gasteiger partial charge in [-0.2, -0.15) is 0 Å². The molecule has 0 bridgehead atoms. The zero-order chi connectivity index (χ0) is 8.43. The standard InChI is InChI=1S/C5H8N2O4/c6-4(5(9)10)2-1-3(8)7-11-2/h2,4H,1,6H2,(H,7,8)(H,9,10)/t2-,4+/m1/s1. The minimum Gasteiger partial charge on any atom is -0.480 e. The Morgan fingerprint density at radius 1 is 1.91 bits per heavy atom. The van der Waals surface area contributed by atoms with Gasteiger partial charge in [0, 0.05) is 0 Å². The summed E-state index contributed by atoms with van der Waals surface area (Å²) in [6.07, 6.45) is -0.743. The number of aliphatic carboxylic acids is 1. The lowest BCUT2D eigenvalue weighted by atomic mass is 10.1. The quantitative estimate of drug-likeness (QED) is 0.443. The first-order valence-electron chi connectivity index (χ1n) is 3.04. The SMILES string of the molecule is N[C@H](C(=O)O)[C@H]1CC(=O)NO1. The molecule has 11 heavy (non-hydrogen) atoms. The predicted octanol–water partition coefficient (Wildman–Crippen LogP) is -1.78. The number of carboxylic acids is 1. The number of hydroxylamine groups is 1. The summed E-state index contributed by atoms with van der Waals surface area (Å²) in [7, 11) is 0. The van der Waals surface area contributed by atoms with Gasteiger partial charge in [0.15, 0.2) is 0 Å². The van der Waals surface area contributed by atoms with Crippen LogP contribution in [0.1, 0.15) is 6.42 Å². The summed E-state index contributed by atoms with van der Waals surface area (Å²) >= 11 is 0. The maximum absolute atomic E-state index is 10.5. The van der Waals surface area contributed by atoms with Crippen LogP contribution in [0.25, 0.3) is 0 Å². The number of rotatable bonds is 2. The fourth-order valence-electron chi connectivity index (χ4n) is 0.767. The van der Waals surface area contributed by atoms with Crippen LogP contribution in [0.2, 0.25) is 0 Å². The molecule has 1 aliphatic heterocycles. The molecule has 0 aromatic heterocycles. The molecule has 1 heterocycles. The van der Waals surface area contributed by atoms with Crippen LogP contribution >= 0.6 is 0 Å². The van der Waals surface area contributed by atoms with Gasteiger partial charge in [0.1, 0.15) is 12.1 Å². The Labute approximate surface area is 62.3 Å². The molecule has 0 aromatic carbocycles. The van der Waals surface area contributed by atoms with Crippen LogP contribution in [0.5, 0.6) is 0 Å². The highest BCUT2D eigenvalue weighted by Crippen LogP contribution is 2.07. The maximum atomic E-state index is 10.5. The van der Waals surface area contributed by atoms with E-state index in [9.17, 15) is 9.59 Å². The van der Waals surface area contributed by atoms with Crippen molar-refractivity contribution in [3.8, 4) is 0 Å². The van der Waals surface area contributed by atoms with E-state index in [0.29, 0.717) is 0 Å². The Morgan fingerprint density at radius 2 is 2.55 bits per heavy atom. The highest BCUT2D eigenvalue weighted by atomic mass is 16.7. The molecular formula is C5H8N2O4. The van der Waals surface area contributed by atoms with E-state index in [1.165, 1.54) is 0 Å². The van der Waals surface area contributed by atoms with Gasteiger partial charge in [0.25, 0.3) is 0 Å². The molecule has 0 saturated carbocycles. The second-order valence-electron chi connectivity index (χ2n) is 2.25. The average Bonchev–Trinajstić information content (AvgIpc) is 2.34. The summed E-state index contributed by atoms with van der Waals surface area (Å²) in [6, 6.07) is -1.14. The molecule has 62 valence electrons. The first-order valence-corrected chi connectivity index (χ1v) is 3.04. The van der Waals surface area contributed by atoms with Gasteiger partial charge in [-0.1, -0.05) is 0 Å². The number of carbonyl (C=O) groups excluding carboxylic acids is 1. The summed E-state index contributed by atoms with van der Waals surface area (Å²) in [5, 5.41) is 8.38. The van der Waals surface area contributed by atoms with E-state index in [1.807, 2.05) is 5.48 Å². The second-order valence-corrected chi connectivity index (χ2v) is 2.25. The highest BCUT2D eigenvalue weighted by molar-refractivity contribution is 5.80. The monoisotopic (exact) mass is 160 g/mol. The zero-order valence-electron chi connectivity index (χ0n) is 5.61. The number of hydrogen-bond acceptors (Lipinski definition) is 4. The Balaban J connectivity index is 2.49. The Bertz CT molecular complexity index is 193. The van der Waals surface area contributed by atoms with E-state index in [2.05, 4.69) is 4.84 Å². The van der Waals surface area contributed by atoms with E-state index in [-0.39, 0.29) is 12.3 Å². The van der Waals surface area contributed by atoms with Crippen molar-refractivity contribution in [2.75, 3.05) is 0 Å². The average molecular weight is 160 g/mol. The van der Waals surface area contributed by atoms with Gasteiger partial charge >= 0.3 is 5.97 Å². The van der Waals surface area contributed by atoms with Crippen LogP contribution in [-0.2, 0) is 14.4 Å². The zero-order valence-corrected chi connectivity index (χ0v) is 5.61. The van der Waals surface area contributed by atoms with Crippen LogP contribution in [0.3, 0.4) is 0 Å². The predicted molar refractivity (Wildman–Crippen MR) is 33.2 cm³/mol. The van der Waals surface area contributed by atoms with Gasteiger partial charge in [-0.05, 0) is 0 Å². The minimum atomic E-state index is -1.17. The van der Waals surface area contributed by atoms with Crippen molar-refractivity contribution >= 4 is 11.9 Å². The molecule has 2 atom stereocenters. The van der Waals surface area contributed by atoms with Gasteiger partial charge in [-0.25, -0.2) is 5.48 Å². The van der Waals surface area contributed by atoms with Gasteiger partial charge in [0.2, 0.25) is 5.91 Å². The summed E-state index contributed by atoms with van der Waals surface area (Å²) in [5.74, 6) is -1.52. The third-order valence-corrected chi connectivity index (χ3v) is 1.40. The molecule has 1 aliphatic rings. The number of carbonyl (C=O) groups is 2. The fraction of sp³-hybridized carbons (Fsp3) is 0.600. The van der Waals surface area contributed by atoms with E-state index < -0.39 is 18.1 Å². The van der Waals surface area contributed by atoms with Crippen LogP contribution in [0.15, 0.2) is 0 Å². The fourth-order valence-corrected chi connectivity index (χ4v) is 0.767. The Morgan fingerprint density at radius 3 is 2.91 bits per heavy atom. The molecule has 6 heteroatoms. The number of amides is 1. The van der Waals surface area contributed by atoms with Crippen molar-refractivity contribution in [3.05, 3.63) is 0 Å². The molecule has 0 radical (unpaired) electrons. The molecule has 0 aliphatic carbocycles. The highest BCUT2D eigenvalue weighted by Gasteiger charge is 2.32. The molecule has 0 spiro atoms. The van der Waals surface area contributed by atoms with Crippen molar-refractivity contribution in [2.24, 2.45) is 5.73 Å². The topological polar surface area (TPSA) is 102 Å². The van der Waals surface area contributed by atoms with Crippen LogP contribution < -0.4 is 11.2 Å². The maximum Gasteiger partial charge on any atom is 0.323 e. The van der Waals surface area contributed by atoms with Gasteiger partial charge in [-0.15, -0.1) is 0 Å². The first kappa shape index (κ1) is 7.96. The molecule has 6 nitrogen and oxygen atoms in total. The van der Waals surface area contributed by atoms with Crippen molar-refractivity contribution in [1.29, 1.82) is 0 Å². The molecular weight excluding hydrogens is 152 g/mol. The van der Waals surface area contributed by atoms with Crippen molar-refractivity contribution in [3.63, 3.8) is 0 Å².